The van der Waals surface area contributed by atoms with Gasteiger partial charge in [-0.2, -0.15) is 0 Å². The molecule has 1 aliphatic carbocycles. The van der Waals surface area contributed by atoms with Gasteiger partial charge >= 0.3 is 0 Å². The monoisotopic (exact) mass is 244 g/mol. The van der Waals surface area contributed by atoms with Crippen LogP contribution in [-0.4, -0.2) is 18.3 Å². The second-order valence-corrected chi connectivity index (χ2v) is 4.57. The van der Waals surface area contributed by atoms with E-state index in [1.165, 1.54) is 0 Å². The van der Waals surface area contributed by atoms with Crippen LogP contribution in [-0.2, 0) is 19.6 Å². The molecule has 4 aliphatic rings. The van der Waals surface area contributed by atoms with Crippen LogP contribution in [0.25, 0.3) is 0 Å². The summed E-state index contributed by atoms with van der Waals surface area (Å²) in [5.74, 6) is 0. The summed E-state index contributed by atoms with van der Waals surface area (Å²) in [6.07, 6.45) is 5.26. The zero-order valence-electron chi connectivity index (χ0n) is 9.56. The average Bonchev–Trinajstić information content (AvgIpc) is 2.49. The van der Waals surface area contributed by atoms with E-state index in [1.54, 1.807) is 0 Å². The Labute approximate surface area is 104 Å². The van der Waals surface area contributed by atoms with Crippen LogP contribution in [0.3, 0.4) is 0 Å². The van der Waals surface area contributed by atoms with Crippen LogP contribution in [0.5, 0.6) is 0 Å². The van der Waals surface area contributed by atoms with Crippen molar-refractivity contribution >= 4 is 0 Å². The third-order valence-corrected chi connectivity index (χ3v) is 3.44. The second-order valence-electron chi connectivity index (χ2n) is 4.57. The fourth-order valence-corrected chi connectivity index (χ4v) is 2.48. The number of benzene rings is 1. The summed E-state index contributed by atoms with van der Waals surface area (Å²) in [7, 11) is 0. The van der Waals surface area contributed by atoms with E-state index in [1.807, 2.05) is 42.5 Å². The van der Waals surface area contributed by atoms with Gasteiger partial charge in [-0.3, -0.25) is 0 Å². The van der Waals surface area contributed by atoms with Gasteiger partial charge in [-0.25, -0.2) is 19.6 Å². The lowest BCUT2D eigenvalue weighted by atomic mass is 9.89. The van der Waals surface area contributed by atoms with Crippen molar-refractivity contribution in [3.63, 3.8) is 0 Å². The molecule has 0 N–H and O–H groups in total. The van der Waals surface area contributed by atoms with E-state index in [2.05, 4.69) is 6.08 Å². The maximum Gasteiger partial charge on any atom is 0.150 e. The molecule has 0 spiro atoms. The largest absolute Gasteiger partial charge is 0.225 e. The Kier molecular flexibility index (Phi) is 2.34. The summed E-state index contributed by atoms with van der Waals surface area (Å²) in [6.45, 7) is 0. The lowest BCUT2D eigenvalue weighted by molar-refractivity contribution is -0.422. The van der Waals surface area contributed by atoms with Crippen LogP contribution in [0.2, 0.25) is 0 Å². The lowest BCUT2D eigenvalue weighted by Crippen LogP contribution is -2.47. The Morgan fingerprint density at radius 1 is 0.778 bits per heavy atom. The van der Waals surface area contributed by atoms with E-state index in [4.69, 9.17) is 19.6 Å². The minimum absolute atomic E-state index is 0.157. The second kappa shape index (κ2) is 4.03. The van der Waals surface area contributed by atoms with Gasteiger partial charge in [0.15, 0.2) is 0 Å². The van der Waals surface area contributed by atoms with E-state index >= 15 is 0 Å². The lowest BCUT2D eigenvalue weighted by Gasteiger charge is -2.40. The molecular formula is C14H12O4. The predicted molar refractivity (Wildman–Crippen MR) is 62.1 cm³/mol. The normalized spacial score (nSPS) is 37.2. The molecule has 2 bridgehead atoms. The molecule has 3 heterocycles. The summed E-state index contributed by atoms with van der Waals surface area (Å²) >= 11 is 0. The predicted octanol–water partition coefficient (Wildman–Crippen LogP) is 2.25. The van der Waals surface area contributed by atoms with Gasteiger partial charge < -0.3 is 0 Å². The summed E-state index contributed by atoms with van der Waals surface area (Å²) in [5, 5.41) is 0. The van der Waals surface area contributed by atoms with Crippen molar-refractivity contribution in [2.75, 3.05) is 0 Å². The van der Waals surface area contributed by atoms with Crippen LogP contribution in [0, 0.1) is 0 Å². The zero-order valence-corrected chi connectivity index (χ0v) is 9.56. The smallest absolute Gasteiger partial charge is 0.150 e. The van der Waals surface area contributed by atoms with Gasteiger partial charge in [0.25, 0.3) is 0 Å². The topological polar surface area (TPSA) is 36.9 Å². The minimum atomic E-state index is -0.210. The van der Waals surface area contributed by atoms with Gasteiger partial charge in [0.2, 0.25) is 0 Å². The molecule has 0 radical (unpaired) electrons. The molecule has 1 aromatic rings. The van der Waals surface area contributed by atoms with Gasteiger partial charge in [0.05, 0.1) is 0 Å². The summed E-state index contributed by atoms with van der Waals surface area (Å²) < 4.78 is 0. The molecule has 0 saturated carbocycles. The third-order valence-electron chi connectivity index (χ3n) is 3.44. The van der Waals surface area contributed by atoms with E-state index < -0.39 is 0 Å². The van der Waals surface area contributed by atoms with Crippen LogP contribution in [0.1, 0.15) is 11.7 Å². The average molecular weight is 244 g/mol. The highest BCUT2D eigenvalue weighted by Gasteiger charge is 2.43. The molecule has 1 aromatic carbocycles. The molecule has 4 nitrogen and oxygen atoms in total. The van der Waals surface area contributed by atoms with Gasteiger partial charge in [-0.05, 0) is 23.3 Å². The highest BCUT2D eigenvalue weighted by atomic mass is 17.2. The Bertz CT molecular complexity index is 508. The Morgan fingerprint density at radius 2 is 1.61 bits per heavy atom. The first kappa shape index (κ1) is 10.5. The van der Waals surface area contributed by atoms with Crippen molar-refractivity contribution in [2.45, 2.75) is 24.4 Å². The molecule has 5 rings (SSSR count). The van der Waals surface area contributed by atoms with Gasteiger partial charge in [0, 0.05) is 0 Å². The molecule has 0 amide bonds. The zero-order chi connectivity index (χ0) is 11.9. The van der Waals surface area contributed by atoms with Crippen molar-refractivity contribution < 1.29 is 19.6 Å². The van der Waals surface area contributed by atoms with Gasteiger partial charge in [-0.15, -0.1) is 0 Å². The van der Waals surface area contributed by atoms with Crippen molar-refractivity contribution in [3.05, 3.63) is 59.7 Å². The molecule has 1 fully saturated rings. The Balaban J connectivity index is 1.69. The van der Waals surface area contributed by atoms with E-state index in [9.17, 15) is 0 Å². The fourth-order valence-electron chi connectivity index (χ4n) is 2.48. The summed E-state index contributed by atoms with van der Waals surface area (Å²) in [5.41, 5.74) is 2.14. The van der Waals surface area contributed by atoms with E-state index in [-0.39, 0.29) is 24.4 Å². The SMILES string of the molecule is C1=C[C@H]2OO[C@@H]1[C@H]1OO[C@@H](c3ccccc3)C=C21. The first-order chi connectivity index (χ1) is 8.92. The molecule has 1 saturated heterocycles. The first-order valence-corrected chi connectivity index (χ1v) is 6.01. The van der Waals surface area contributed by atoms with Gasteiger partial charge in [-0.1, -0.05) is 36.4 Å². The molecule has 3 aliphatic heterocycles. The van der Waals surface area contributed by atoms with Crippen LogP contribution in [0.4, 0.5) is 0 Å². The van der Waals surface area contributed by atoms with Crippen LogP contribution >= 0.6 is 0 Å². The Hall–Kier alpha value is -1.46. The van der Waals surface area contributed by atoms with Crippen molar-refractivity contribution in [2.24, 2.45) is 0 Å². The number of hydrogen-bond donors (Lipinski definition) is 0. The summed E-state index contributed by atoms with van der Waals surface area (Å²) in [4.78, 5) is 21.3. The fraction of sp³-hybridized carbons (Fsp3) is 0.286. The third kappa shape index (κ3) is 1.54. The molecule has 18 heavy (non-hydrogen) atoms. The highest BCUT2D eigenvalue weighted by molar-refractivity contribution is 5.34. The van der Waals surface area contributed by atoms with Gasteiger partial charge in [0.1, 0.15) is 24.4 Å². The minimum Gasteiger partial charge on any atom is -0.225 e. The number of hydrogen-bond acceptors (Lipinski definition) is 4. The maximum absolute atomic E-state index is 5.46. The number of rotatable bonds is 1. The van der Waals surface area contributed by atoms with Crippen molar-refractivity contribution in [3.8, 4) is 0 Å². The molecule has 92 valence electrons. The van der Waals surface area contributed by atoms with Crippen molar-refractivity contribution in [1.29, 1.82) is 0 Å². The molecular weight excluding hydrogens is 232 g/mol. The van der Waals surface area contributed by atoms with Crippen LogP contribution < -0.4 is 0 Å². The maximum atomic E-state index is 5.46. The molecule has 4 heteroatoms. The quantitative estimate of drug-likeness (QED) is 0.561. The number of fused-ring (bicyclic) bond motifs is 1. The molecule has 0 aromatic heterocycles. The standard InChI is InChI=1S/C14H12O4/c1-2-4-9(5-3-1)13-8-10-11-6-7-12(16-15-11)14(10)18-17-13/h1-8,11-14H/t11-,12+,13-,14+/m1/s1. The first-order valence-electron chi connectivity index (χ1n) is 6.01. The molecule has 4 atom stereocenters. The Morgan fingerprint density at radius 3 is 2.39 bits per heavy atom. The molecule has 0 unspecified atom stereocenters. The van der Waals surface area contributed by atoms with Crippen molar-refractivity contribution in [1.82, 2.24) is 0 Å². The van der Waals surface area contributed by atoms with E-state index in [0.29, 0.717) is 0 Å². The highest BCUT2D eigenvalue weighted by Crippen LogP contribution is 2.38. The summed E-state index contributed by atoms with van der Waals surface area (Å²) in [6, 6.07) is 9.97. The van der Waals surface area contributed by atoms with E-state index in [0.717, 1.165) is 11.1 Å². The van der Waals surface area contributed by atoms with Crippen LogP contribution in [0.15, 0.2) is 54.1 Å².